The van der Waals surface area contributed by atoms with Crippen LogP contribution in [-0.4, -0.2) is 19.6 Å². The number of methoxy groups -OCH3 is 1. The van der Waals surface area contributed by atoms with Crippen molar-refractivity contribution in [2.24, 2.45) is 0 Å². The first-order valence-electron chi connectivity index (χ1n) is 7.06. The first kappa shape index (κ1) is 16.2. The van der Waals surface area contributed by atoms with Crippen LogP contribution < -0.4 is 15.4 Å². The number of benzene rings is 2. The summed E-state index contributed by atoms with van der Waals surface area (Å²) in [4.78, 5) is 11.8. The van der Waals surface area contributed by atoms with Crippen LogP contribution in [0.2, 0.25) is 5.02 Å². The monoisotopic (exact) mass is 318 g/mol. The van der Waals surface area contributed by atoms with Crippen LogP contribution in [0.1, 0.15) is 12.0 Å². The molecule has 22 heavy (non-hydrogen) atoms. The van der Waals surface area contributed by atoms with Crippen LogP contribution >= 0.6 is 11.6 Å². The number of carbonyl (C=O) groups excluding carboxylic acids is 1. The predicted octanol–water partition coefficient (Wildman–Crippen LogP) is 3.47. The van der Waals surface area contributed by atoms with E-state index in [2.05, 4.69) is 10.6 Å². The minimum Gasteiger partial charge on any atom is -0.497 e. The first-order chi connectivity index (χ1) is 10.7. The van der Waals surface area contributed by atoms with Gasteiger partial charge in [-0.1, -0.05) is 23.7 Å². The van der Waals surface area contributed by atoms with Gasteiger partial charge in [0, 0.05) is 30.2 Å². The largest absolute Gasteiger partial charge is 0.497 e. The van der Waals surface area contributed by atoms with Crippen molar-refractivity contribution in [1.82, 2.24) is 5.32 Å². The SMILES string of the molecule is COc1ccc(NCCC(=O)NCc2ccc(Cl)cc2)cc1. The highest BCUT2D eigenvalue weighted by atomic mass is 35.5. The number of rotatable bonds is 7. The molecule has 2 aromatic rings. The van der Waals surface area contributed by atoms with E-state index in [1.165, 1.54) is 0 Å². The summed E-state index contributed by atoms with van der Waals surface area (Å²) in [6, 6.07) is 15.0. The Morgan fingerprint density at radius 1 is 1.09 bits per heavy atom. The lowest BCUT2D eigenvalue weighted by Gasteiger charge is -2.08. The van der Waals surface area contributed by atoms with Gasteiger partial charge in [0.25, 0.3) is 0 Å². The van der Waals surface area contributed by atoms with Gasteiger partial charge in [0.05, 0.1) is 7.11 Å². The van der Waals surface area contributed by atoms with Gasteiger partial charge in [-0.25, -0.2) is 0 Å². The number of hydrogen-bond acceptors (Lipinski definition) is 3. The van der Waals surface area contributed by atoms with Gasteiger partial charge >= 0.3 is 0 Å². The van der Waals surface area contributed by atoms with Crippen molar-refractivity contribution < 1.29 is 9.53 Å². The standard InChI is InChI=1S/C17H19ClN2O2/c1-22-16-8-6-15(7-9-16)19-11-10-17(21)20-12-13-2-4-14(18)5-3-13/h2-9,19H,10-12H2,1H3,(H,20,21). The predicted molar refractivity (Wildman–Crippen MR) is 89.4 cm³/mol. The fourth-order valence-electron chi connectivity index (χ4n) is 1.92. The van der Waals surface area contributed by atoms with E-state index in [0.29, 0.717) is 24.5 Å². The Balaban J connectivity index is 1.67. The smallest absolute Gasteiger partial charge is 0.222 e. The van der Waals surface area contributed by atoms with Crippen LogP contribution in [0.15, 0.2) is 48.5 Å². The van der Waals surface area contributed by atoms with E-state index in [4.69, 9.17) is 16.3 Å². The van der Waals surface area contributed by atoms with Crippen LogP contribution in [0.25, 0.3) is 0 Å². The molecule has 0 aromatic heterocycles. The minimum absolute atomic E-state index is 0.0101. The van der Waals surface area contributed by atoms with Gasteiger partial charge in [0.1, 0.15) is 5.75 Å². The molecular formula is C17H19ClN2O2. The molecule has 0 unspecified atom stereocenters. The third-order valence-corrected chi connectivity index (χ3v) is 3.43. The lowest BCUT2D eigenvalue weighted by atomic mass is 10.2. The second-order valence-electron chi connectivity index (χ2n) is 4.81. The Hall–Kier alpha value is -2.20. The van der Waals surface area contributed by atoms with Crippen molar-refractivity contribution in [1.29, 1.82) is 0 Å². The van der Waals surface area contributed by atoms with E-state index in [0.717, 1.165) is 17.0 Å². The van der Waals surface area contributed by atoms with Gasteiger partial charge in [-0.2, -0.15) is 0 Å². The zero-order valence-corrected chi connectivity index (χ0v) is 13.2. The molecule has 2 aromatic carbocycles. The van der Waals surface area contributed by atoms with Crippen LogP contribution in [0.3, 0.4) is 0 Å². The van der Waals surface area contributed by atoms with Crippen molar-refractivity contribution in [2.75, 3.05) is 19.0 Å². The maximum Gasteiger partial charge on any atom is 0.222 e. The molecular weight excluding hydrogens is 300 g/mol. The first-order valence-corrected chi connectivity index (χ1v) is 7.44. The lowest BCUT2D eigenvalue weighted by molar-refractivity contribution is -0.121. The second kappa shape index (κ2) is 8.29. The fraction of sp³-hybridized carbons (Fsp3) is 0.235. The zero-order valence-electron chi connectivity index (χ0n) is 12.4. The summed E-state index contributed by atoms with van der Waals surface area (Å²) in [5.74, 6) is 0.821. The molecule has 0 spiro atoms. The molecule has 0 atom stereocenters. The van der Waals surface area contributed by atoms with Gasteiger partial charge < -0.3 is 15.4 Å². The molecule has 4 nitrogen and oxygen atoms in total. The van der Waals surface area contributed by atoms with Crippen molar-refractivity contribution in [3.63, 3.8) is 0 Å². The number of carbonyl (C=O) groups is 1. The Kier molecular flexibility index (Phi) is 6.10. The lowest BCUT2D eigenvalue weighted by Crippen LogP contribution is -2.24. The van der Waals surface area contributed by atoms with Gasteiger partial charge in [-0.15, -0.1) is 0 Å². The highest BCUT2D eigenvalue weighted by Gasteiger charge is 2.01. The Bertz CT molecular complexity index is 597. The van der Waals surface area contributed by atoms with Crippen LogP contribution in [0.5, 0.6) is 5.75 Å². The highest BCUT2D eigenvalue weighted by Crippen LogP contribution is 2.14. The molecule has 116 valence electrons. The summed E-state index contributed by atoms with van der Waals surface area (Å²) in [6.45, 7) is 1.09. The van der Waals surface area contributed by atoms with E-state index in [9.17, 15) is 4.79 Å². The van der Waals surface area contributed by atoms with Crippen molar-refractivity contribution in [3.05, 3.63) is 59.1 Å². The molecule has 2 rings (SSSR count). The number of halogens is 1. The van der Waals surface area contributed by atoms with Crippen LogP contribution in [0.4, 0.5) is 5.69 Å². The van der Waals surface area contributed by atoms with Crippen LogP contribution in [0, 0.1) is 0 Å². The van der Waals surface area contributed by atoms with Crippen molar-refractivity contribution in [3.8, 4) is 5.75 Å². The van der Waals surface area contributed by atoms with E-state index < -0.39 is 0 Å². The molecule has 0 bridgehead atoms. The summed E-state index contributed by atoms with van der Waals surface area (Å²) in [7, 11) is 1.63. The van der Waals surface area contributed by atoms with Gasteiger partial charge in [0.2, 0.25) is 5.91 Å². The Labute approximate surface area is 135 Å². The number of hydrogen-bond donors (Lipinski definition) is 2. The summed E-state index contributed by atoms with van der Waals surface area (Å²) < 4.78 is 5.09. The molecule has 0 heterocycles. The zero-order chi connectivity index (χ0) is 15.8. The molecule has 0 radical (unpaired) electrons. The van der Waals surface area contributed by atoms with Gasteiger partial charge in [-0.3, -0.25) is 4.79 Å². The third-order valence-electron chi connectivity index (χ3n) is 3.17. The molecule has 2 N–H and O–H groups in total. The Morgan fingerprint density at radius 2 is 1.77 bits per heavy atom. The van der Waals surface area contributed by atoms with Crippen molar-refractivity contribution in [2.45, 2.75) is 13.0 Å². The summed E-state index contributed by atoms with van der Waals surface area (Å²) in [5.41, 5.74) is 1.99. The maximum atomic E-state index is 11.8. The van der Waals surface area contributed by atoms with Gasteiger partial charge in [-0.05, 0) is 42.0 Å². The number of nitrogens with one attached hydrogen (secondary N) is 2. The summed E-state index contributed by atoms with van der Waals surface area (Å²) in [5, 5.41) is 6.77. The van der Waals surface area contributed by atoms with E-state index in [1.807, 2.05) is 48.5 Å². The molecule has 0 saturated carbocycles. The average Bonchev–Trinajstić information content (AvgIpc) is 2.55. The quantitative estimate of drug-likeness (QED) is 0.822. The average molecular weight is 319 g/mol. The fourth-order valence-corrected chi connectivity index (χ4v) is 2.05. The molecule has 0 aliphatic rings. The number of anilines is 1. The normalized spacial score (nSPS) is 10.1. The maximum absolute atomic E-state index is 11.8. The number of ether oxygens (including phenoxy) is 1. The molecule has 0 fully saturated rings. The number of amides is 1. The van der Waals surface area contributed by atoms with E-state index in [1.54, 1.807) is 7.11 Å². The van der Waals surface area contributed by atoms with Crippen LogP contribution in [-0.2, 0) is 11.3 Å². The van der Waals surface area contributed by atoms with Gasteiger partial charge in [0.15, 0.2) is 0 Å². The third kappa shape index (κ3) is 5.30. The minimum atomic E-state index is 0.0101. The van der Waals surface area contributed by atoms with E-state index in [-0.39, 0.29) is 5.91 Å². The highest BCUT2D eigenvalue weighted by molar-refractivity contribution is 6.30. The summed E-state index contributed by atoms with van der Waals surface area (Å²) >= 11 is 5.82. The Morgan fingerprint density at radius 3 is 2.41 bits per heavy atom. The second-order valence-corrected chi connectivity index (χ2v) is 5.24. The van der Waals surface area contributed by atoms with E-state index >= 15 is 0 Å². The molecule has 5 heteroatoms. The molecule has 0 saturated heterocycles. The molecule has 1 amide bonds. The topological polar surface area (TPSA) is 50.4 Å². The molecule has 0 aliphatic carbocycles. The summed E-state index contributed by atoms with van der Waals surface area (Å²) in [6.07, 6.45) is 0.416. The van der Waals surface area contributed by atoms with Crippen molar-refractivity contribution >= 4 is 23.2 Å². The molecule has 0 aliphatic heterocycles.